The van der Waals surface area contributed by atoms with Gasteiger partial charge in [0, 0.05) is 31.3 Å². The number of carboxylic acid groups (broad SMARTS) is 1. The Kier molecular flexibility index (Phi) is 8.41. The molecule has 4 rings (SSSR count). The number of likely N-dealkylation sites (N-methyl/N-ethyl adjacent to an activating group) is 1. The first kappa shape index (κ1) is 25.5. The van der Waals surface area contributed by atoms with Crippen LogP contribution in [0, 0.1) is 11.8 Å². The molecule has 2 aliphatic rings. The molecule has 2 fully saturated rings. The van der Waals surface area contributed by atoms with Crippen molar-refractivity contribution in [3.8, 4) is 5.75 Å². The molecule has 2 aromatic carbocycles. The lowest BCUT2D eigenvalue weighted by Gasteiger charge is -2.22. The number of hydrogen-bond acceptors (Lipinski definition) is 4. The van der Waals surface area contributed by atoms with Crippen molar-refractivity contribution in [3.05, 3.63) is 71.3 Å². The molecule has 2 aromatic rings. The second-order valence-electron chi connectivity index (χ2n) is 9.77. The van der Waals surface area contributed by atoms with Gasteiger partial charge in [-0.2, -0.15) is 0 Å². The Morgan fingerprint density at radius 2 is 1.64 bits per heavy atom. The molecule has 2 amide bonds. The van der Waals surface area contributed by atoms with Gasteiger partial charge in [0.2, 0.25) is 5.91 Å². The maximum absolute atomic E-state index is 12.8. The van der Waals surface area contributed by atoms with E-state index in [1.54, 1.807) is 54.4 Å². The summed E-state index contributed by atoms with van der Waals surface area (Å²) in [6.07, 6.45) is 6.25. The molecular formula is C29H34N2O5. The summed E-state index contributed by atoms with van der Waals surface area (Å²) in [5, 5.41) is 9.69. The van der Waals surface area contributed by atoms with E-state index in [-0.39, 0.29) is 23.8 Å². The van der Waals surface area contributed by atoms with E-state index in [0.717, 1.165) is 13.1 Å². The number of rotatable bonds is 9. The molecule has 7 nitrogen and oxygen atoms in total. The highest BCUT2D eigenvalue weighted by Crippen LogP contribution is 2.36. The first-order valence-corrected chi connectivity index (χ1v) is 12.7. The molecular weight excluding hydrogens is 456 g/mol. The van der Waals surface area contributed by atoms with Gasteiger partial charge in [0.15, 0.2) is 0 Å². The van der Waals surface area contributed by atoms with Crippen LogP contribution < -0.4 is 4.74 Å². The number of hydrogen-bond donors (Lipinski definition) is 1. The molecule has 1 saturated heterocycles. The van der Waals surface area contributed by atoms with Gasteiger partial charge < -0.3 is 19.6 Å². The Morgan fingerprint density at radius 3 is 2.25 bits per heavy atom. The van der Waals surface area contributed by atoms with Crippen LogP contribution in [0.4, 0.5) is 0 Å². The molecule has 0 aromatic heterocycles. The quantitative estimate of drug-likeness (QED) is 0.529. The zero-order chi connectivity index (χ0) is 25.5. The average molecular weight is 491 g/mol. The van der Waals surface area contributed by atoms with E-state index >= 15 is 0 Å². The third-order valence-electron chi connectivity index (χ3n) is 7.23. The van der Waals surface area contributed by atoms with Crippen molar-refractivity contribution in [1.29, 1.82) is 0 Å². The van der Waals surface area contributed by atoms with E-state index in [9.17, 15) is 19.5 Å². The number of amides is 2. The Morgan fingerprint density at radius 1 is 1.00 bits per heavy atom. The largest absolute Gasteiger partial charge is 0.492 e. The molecule has 0 unspecified atom stereocenters. The van der Waals surface area contributed by atoms with Gasteiger partial charge in [0.25, 0.3) is 5.91 Å². The van der Waals surface area contributed by atoms with Crippen molar-refractivity contribution in [2.45, 2.75) is 32.1 Å². The Labute approximate surface area is 212 Å². The first-order chi connectivity index (χ1) is 17.4. The average Bonchev–Trinajstić information content (AvgIpc) is 3.34. The van der Waals surface area contributed by atoms with Crippen LogP contribution in [0.5, 0.6) is 5.75 Å². The van der Waals surface area contributed by atoms with Crippen LogP contribution in [0.15, 0.2) is 60.2 Å². The lowest BCUT2D eigenvalue weighted by molar-refractivity contribution is -0.136. The number of fused-ring (bicyclic) bond motifs is 1. The van der Waals surface area contributed by atoms with Gasteiger partial charge in [-0.15, -0.1) is 0 Å². The molecule has 7 heteroatoms. The fourth-order valence-electron chi connectivity index (χ4n) is 5.14. The lowest BCUT2D eigenvalue weighted by Crippen LogP contribution is -2.30. The fraction of sp³-hybridized carbons (Fsp3) is 0.414. The summed E-state index contributed by atoms with van der Waals surface area (Å²) in [5.41, 5.74) is 1.41. The molecule has 1 aliphatic carbocycles. The molecule has 36 heavy (non-hydrogen) atoms. The first-order valence-electron chi connectivity index (χ1n) is 12.7. The monoisotopic (exact) mass is 490 g/mol. The van der Waals surface area contributed by atoms with Crippen molar-refractivity contribution in [1.82, 2.24) is 9.80 Å². The maximum Gasteiger partial charge on any atom is 0.332 e. The zero-order valence-electron chi connectivity index (χ0n) is 20.8. The molecule has 1 N–H and O–H groups in total. The normalized spacial score (nSPS) is 19.5. The second-order valence-corrected chi connectivity index (χ2v) is 9.77. The van der Waals surface area contributed by atoms with Crippen LogP contribution >= 0.6 is 0 Å². The van der Waals surface area contributed by atoms with Gasteiger partial charge in [0.05, 0.1) is 13.0 Å². The minimum atomic E-state index is -1.08. The van der Waals surface area contributed by atoms with Crippen molar-refractivity contribution in [2.75, 3.05) is 33.3 Å². The van der Waals surface area contributed by atoms with E-state index in [0.29, 0.717) is 41.9 Å². The van der Waals surface area contributed by atoms with Crippen molar-refractivity contribution in [3.63, 3.8) is 0 Å². The molecule has 1 aliphatic heterocycles. The number of carbonyl (C=O) groups is 3. The summed E-state index contributed by atoms with van der Waals surface area (Å²) in [6, 6.07) is 16.2. The van der Waals surface area contributed by atoms with E-state index in [1.165, 1.54) is 25.7 Å². The van der Waals surface area contributed by atoms with Gasteiger partial charge in [-0.25, -0.2) is 4.79 Å². The van der Waals surface area contributed by atoms with Gasteiger partial charge >= 0.3 is 5.97 Å². The Hall–Kier alpha value is -3.61. The summed E-state index contributed by atoms with van der Waals surface area (Å²) in [7, 11) is 1.73. The van der Waals surface area contributed by atoms with Crippen LogP contribution in [0.2, 0.25) is 0 Å². The molecule has 2 atom stereocenters. The summed E-state index contributed by atoms with van der Waals surface area (Å²) in [5.74, 6) is 0.523. The third kappa shape index (κ3) is 6.53. The van der Waals surface area contributed by atoms with Crippen molar-refractivity contribution in [2.24, 2.45) is 11.8 Å². The summed E-state index contributed by atoms with van der Waals surface area (Å²) in [4.78, 5) is 40.5. The van der Waals surface area contributed by atoms with Crippen molar-refractivity contribution < 1.29 is 24.2 Å². The van der Waals surface area contributed by atoms with Crippen LogP contribution in [0.1, 0.15) is 48.0 Å². The second kappa shape index (κ2) is 11.9. The van der Waals surface area contributed by atoms with Crippen molar-refractivity contribution >= 4 is 23.9 Å². The van der Waals surface area contributed by atoms with Crippen LogP contribution in [-0.4, -0.2) is 66.0 Å². The van der Waals surface area contributed by atoms with E-state index in [2.05, 4.69) is 0 Å². The van der Waals surface area contributed by atoms with E-state index in [1.807, 2.05) is 23.1 Å². The van der Waals surface area contributed by atoms with Gasteiger partial charge in [0.1, 0.15) is 12.4 Å². The SMILES string of the molecule is CN(CCOc1ccc(/C=C(\CC(=O)N2C[C@H]3CCCC[C@H]3C2)C(=O)O)cc1)C(=O)c1ccccc1. The summed E-state index contributed by atoms with van der Waals surface area (Å²) >= 11 is 0. The number of nitrogens with zero attached hydrogens (tertiary/aromatic N) is 2. The van der Waals surface area contributed by atoms with Crippen LogP contribution in [0.25, 0.3) is 6.08 Å². The predicted octanol–water partition coefficient (Wildman–Crippen LogP) is 4.34. The highest BCUT2D eigenvalue weighted by atomic mass is 16.5. The minimum absolute atomic E-state index is 0.0666. The number of likely N-dealkylation sites (tertiary alicyclic amines) is 1. The lowest BCUT2D eigenvalue weighted by atomic mass is 9.82. The number of carbonyl (C=O) groups excluding carboxylic acids is 2. The molecule has 190 valence electrons. The molecule has 1 heterocycles. The third-order valence-corrected chi connectivity index (χ3v) is 7.23. The molecule has 0 radical (unpaired) electrons. The highest BCUT2D eigenvalue weighted by molar-refractivity contribution is 5.98. The highest BCUT2D eigenvalue weighted by Gasteiger charge is 2.36. The van der Waals surface area contributed by atoms with Gasteiger partial charge in [-0.1, -0.05) is 43.2 Å². The van der Waals surface area contributed by atoms with Crippen LogP contribution in [0.3, 0.4) is 0 Å². The zero-order valence-corrected chi connectivity index (χ0v) is 20.8. The topological polar surface area (TPSA) is 87.2 Å². The van der Waals surface area contributed by atoms with E-state index < -0.39 is 5.97 Å². The molecule has 1 saturated carbocycles. The van der Waals surface area contributed by atoms with Gasteiger partial charge in [-0.3, -0.25) is 9.59 Å². The number of aliphatic carboxylic acids is 1. The number of ether oxygens (including phenoxy) is 1. The predicted molar refractivity (Wildman–Crippen MR) is 138 cm³/mol. The number of benzene rings is 2. The smallest absolute Gasteiger partial charge is 0.332 e. The standard InChI is InChI=1S/C29H34N2O5/c1-30(28(33)22-7-3-2-4-8-22)15-16-36-26-13-11-21(12-14-26)17-25(29(34)35)18-27(32)31-19-23-9-5-6-10-24(23)20-31/h2-4,7-8,11-14,17,23-24H,5-6,9-10,15-16,18-20H2,1H3,(H,34,35)/b25-17+/t23-,24+. The number of carboxylic acids is 1. The Balaban J connectivity index is 1.29. The molecule has 0 bridgehead atoms. The van der Waals surface area contributed by atoms with E-state index in [4.69, 9.17) is 4.74 Å². The maximum atomic E-state index is 12.8. The molecule has 0 spiro atoms. The fourth-order valence-corrected chi connectivity index (χ4v) is 5.14. The Bertz CT molecular complexity index is 1080. The van der Waals surface area contributed by atoms with Crippen LogP contribution in [-0.2, 0) is 9.59 Å². The summed E-state index contributed by atoms with van der Waals surface area (Å²) < 4.78 is 5.76. The van der Waals surface area contributed by atoms with Gasteiger partial charge in [-0.05, 0) is 60.6 Å². The minimum Gasteiger partial charge on any atom is -0.492 e. The summed E-state index contributed by atoms with van der Waals surface area (Å²) in [6.45, 7) is 2.28.